The number of rotatable bonds is 7. The number of nitro benzene ring substituents is 1. The molecule has 0 aromatic heterocycles. The quantitative estimate of drug-likeness (QED) is 0.475. The molecule has 6 heteroatoms. The summed E-state index contributed by atoms with van der Waals surface area (Å²) >= 11 is 0. The largest absolute Gasteiger partial charge is 0.492 e. The zero-order chi connectivity index (χ0) is 15.5. The highest BCUT2D eigenvalue weighted by Gasteiger charge is 2.47. The van der Waals surface area contributed by atoms with E-state index >= 15 is 0 Å². The van der Waals surface area contributed by atoms with Gasteiger partial charge in [-0.1, -0.05) is 13.8 Å². The Bertz CT molecular complexity index is 487. The number of non-ortho nitro benzene ring substituents is 1. The van der Waals surface area contributed by atoms with Gasteiger partial charge in [-0.25, -0.2) is 0 Å². The number of nitro groups is 1. The Morgan fingerprint density at radius 1 is 1.38 bits per heavy atom. The first-order valence-corrected chi connectivity index (χ1v) is 7.08. The Morgan fingerprint density at radius 2 is 2.05 bits per heavy atom. The van der Waals surface area contributed by atoms with Crippen LogP contribution in [0, 0.1) is 15.5 Å². The molecular weight excluding hydrogens is 272 g/mol. The van der Waals surface area contributed by atoms with E-state index in [0.717, 1.165) is 13.0 Å². The van der Waals surface area contributed by atoms with Crippen LogP contribution >= 0.6 is 0 Å². The predicted octanol–water partition coefficient (Wildman–Crippen LogP) is 2.38. The molecule has 0 radical (unpaired) electrons. The molecular formula is C15H22N2O4. The molecule has 1 aliphatic rings. The summed E-state index contributed by atoms with van der Waals surface area (Å²) in [7, 11) is 1.75. The molecule has 1 aliphatic carbocycles. The average Bonchev–Trinajstić information content (AvgIpc) is 2.46. The van der Waals surface area contributed by atoms with Crippen LogP contribution in [0.15, 0.2) is 24.3 Å². The minimum absolute atomic E-state index is 0.0716. The van der Waals surface area contributed by atoms with Gasteiger partial charge < -0.3 is 14.8 Å². The van der Waals surface area contributed by atoms with Crippen molar-refractivity contribution in [2.24, 2.45) is 5.41 Å². The first-order chi connectivity index (χ1) is 9.95. The number of hydrogen-bond donors (Lipinski definition) is 1. The molecule has 0 bridgehead atoms. The number of ether oxygens (including phenoxy) is 2. The van der Waals surface area contributed by atoms with Gasteiger partial charge >= 0.3 is 0 Å². The third-order valence-corrected chi connectivity index (χ3v) is 4.27. The molecule has 0 heterocycles. The molecule has 0 spiro atoms. The minimum atomic E-state index is -0.420. The van der Waals surface area contributed by atoms with E-state index in [0.29, 0.717) is 24.5 Å². The lowest BCUT2D eigenvalue weighted by atomic mass is 9.64. The van der Waals surface area contributed by atoms with Crippen LogP contribution in [0.2, 0.25) is 0 Å². The lowest BCUT2D eigenvalue weighted by molar-refractivity contribution is -0.384. The predicted molar refractivity (Wildman–Crippen MR) is 79.6 cm³/mol. The van der Waals surface area contributed by atoms with Crippen LogP contribution in [0.3, 0.4) is 0 Å². The van der Waals surface area contributed by atoms with Crippen molar-refractivity contribution in [2.45, 2.75) is 32.4 Å². The lowest BCUT2D eigenvalue weighted by Crippen LogP contribution is -2.61. The van der Waals surface area contributed by atoms with Gasteiger partial charge in [0.1, 0.15) is 12.4 Å². The maximum atomic E-state index is 10.5. The van der Waals surface area contributed by atoms with Crippen LogP contribution in [-0.4, -0.2) is 37.3 Å². The van der Waals surface area contributed by atoms with Crippen molar-refractivity contribution in [1.29, 1.82) is 0 Å². The molecule has 1 fully saturated rings. The van der Waals surface area contributed by atoms with Crippen LogP contribution in [0.5, 0.6) is 5.75 Å². The fraction of sp³-hybridized carbons (Fsp3) is 0.600. The maximum Gasteiger partial charge on any atom is 0.269 e. The summed E-state index contributed by atoms with van der Waals surface area (Å²) in [6, 6.07) is 6.56. The van der Waals surface area contributed by atoms with Crippen LogP contribution in [0.1, 0.15) is 20.3 Å². The van der Waals surface area contributed by atoms with Gasteiger partial charge in [-0.2, -0.15) is 0 Å². The van der Waals surface area contributed by atoms with Crippen molar-refractivity contribution in [3.8, 4) is 5.75 Å². The molecule has 2 atom stereocenters. The summed E-state index contributed by atoms with van der Waals surface area (Å²) in [4.78, 5) is 10.1. The second kappa shape index (κ2) is 6.41. The summed E-state index contributed by atoms with van der Waals surface area (Å²) in [6.45, 7) is 5.66. The summed E-state index contributed by atoms with van der Waals surface area (Å²) in [6.07, 6.45) is 1.33. The van der Waals surface area contributed by atoms with E-state index in [2.05, 4.69) is 19.2 Å². The van der Waals surface area contributed by atoms with Gasteiger partial charge in [-0.3, -0.25) is 10.1 Å². The Kier molecular flexibility index (Phi) is 4.80. The number of hydrogen-bond acceptors (Lipinski definition) is 5. The highest BCUT2D eigenvalue weighted by molar-refractivity contribution is 5.35. The fourth-order valence-corrected chi connectivity index (χ4v) is 2.70. The van der Waals surface area contributed by atoms with E-state index < -0.39 is 4.92 Å². The second-order valence-electron chi connectivity index (χ2n) is 5.89. The third kappa shape index (κ3) is 3.51. The third-order valence-electron chi connectivity index (χ3n) is 4.27. The normalized spacial score (nSPS) is 23.4. The van der Waals surface area contributed by atoms with Gasteiger partial charge in [0.2, 0.25) is 0 Å². The average molecular weight is 294 g/mol. The van der Waals surface area contributed by atoms with Gasteiger partial charge in [0, 0.05) is 37.2 Å². The fourth-order valence-electron chi connectivity index (χ4n) is 2.70. The van der Waals surface area contributed by atoms with Crippen molar-refractivity contribution in [1.82, 2.24) is 5.32 Å². The standard InChI is InChI=1S/C15H22N2O4/c1-15(2)13(10-14(15)20-3)16-8-9-21-12-6-4-11(5-7-12)17(18)19/h4-7,13-14,16H,8-10H2,1-3H3. The zero-order valence-electron chi connectivity index (χ0n) is 12.7. The molecule has 0 saturated heterocycles. The van der Waals surface area contributed by atoms with E-state index in [4.69, 9.17) is 9.47 Å². The highest BCUT2D eigenvalue weighted by Crippen LogP contribution is 2.42. The van der Waals surface area contributed by atoms with Crippen molar-refractivity contribution < 1.29 is 14.4 Å². The monoisotopic (exact) mass is 294 g/mol. The number of benzene rings is 1. The Labute approximate surface area is 124 Å². The van der Waals surface area contributed by atoms with E-state index in [9.17, 15) is 10.1 Å². The van der Waals surface area contributed by atoms with Gasteiger partial charge in [-0.15, -0.1) is 0 Å². The van der Waals surface area contributed by atoms with E-state index in [1.165, 1.54) is 12.1 Å². The molecule has 6 nitrogen and oxygen atoms in total. The van der Waals surface area contributed by atoms with Crippen molar-refractivity contribution >= 4 is 5.69 Å². The summed E-state index contributed by atoms with van der Waals surface area (Å²) in [5, 5.41) is 14.0. The first-order valence-electron chi connectivity index (χ1n) is 7.08. The van der Waals surface area contributed by atoms with Crippen LogP contribution in [0.25, 0.3) is 0 Å². The summed E-state index contributed by atoms with van der Waals surface area (Å²) in [5.41, 5.74) is 0.213. The molecule has 0 amide bonds. The second-order valence-corrected chi connectivity index (χ2v) is 5.89. The maximum absolute atomic E-state index is 10.5. The summed E-state index contributed by atoms with van der Waals surface area (Å²) in [5.74, 6) is 0.644. The molecule has 1 N–H and O–H groups in total. The summed E-state index contributed by atoms with van der Waals surface area (Å²) < 4.78 is 11.0. The first kappa shape index (κ1) is 15.7. The molecule has 0 aliphatic heterocycles. The van der Waals surface area contributed by atoms with Crippen molar-refractivity contribution in [3.05, 3.63) is 34.4 Å². The smallest absolute Gasteiger partial charge is 0.269 e. The number of nitrogens with one attached hydrogen (secondary N) is 1. The van der Waals surface area contributed by atoms with Crippen LogP contribution in [-0.2, 0) is 4.74 Å². The Hall–Kier alpha value is -1.66. The van der Waals surface area contributed by atoms with Crippen LogP contribution in [0.4, 0.5) is 5.69 Å². The minimum Gasteiger partial charge on any atom is -0.492 e. The lowest BCUT2D eigenvalue weighted by Gasteiger charge is -2.51. The number of methoxy groups -OCH3 is 1. The van der Waals surface area contributed by atoms with Gasteiger partial charge in [0.05, 0.1) is 11.0 Å². The molecule has 2 unspecified atom stereocenters. The Morgan fingerprint density at radius 3 is 2.57 bits per heavy atom. The highest BCUT2D eigenvalue weighted by atomic mass is 16.6. The molecule has 1 aromatic rings. The molecule has 1 saturated carbocycles. The molecule has 116 valence electrons. The van der Waals surface area contributed by atoms with E-state index in [1.54, 1.807) is 19.2 Å². The van der Waals surface area contributed by atoms with E-state index in [-0.39, 0.29) is 11.1 Å². The number of nitrogens with zero attached hydrogens (tertiary/aromatic N) is 1. The van der Waals surface area contributed by atoms with Crippen LogP contribution < -0.4 is 10.1 Å². The van der Waals surface area contributed by atoms with Gasteiger partial charge in [-0.05, 0) is 18.6 Å². The molecule has 1 aromatic carbocycles. The van der Waals surface area contributed by atoms with Gasteiger partial charge in [0.15, 0.2) is 0 Å². The van der Waals surface area contributed by atoms with Crippen molar-refractivity contribution in [2.75, 3.05) is 20.3 Å². The van der Waals surface area contributed by atoms with Gasteiger partial charge in [0.25, 0.3) is 5.69 Å². The van der Waals surface area contributed by atoms with E-state index in [1.807, 2.05) is 0 Å². The zero-order valence-corrected chi connectivity index (χ0v) is 12.7. The molecule has 21 heavy (non-hydrogen) atoms. The van der Waals surface area contributed by atoms with Crippen molar-refractivity contribution in [3.63, 3.8) is 0 Å². The topological polar surface area (TPSA) is 73.6 Å². The molecule has 2 rings (SSSR count). The Balaban J connectivity index is 1.70. The SMILES string of the molecule is COC1CC(NCCOc2ccc([N+](=O)[O-])cc2)C1(C)C.